The van der Waals surface area contributed by atoms with Crippen molar-refractivity contribution < 1.29 is 18.7 Å². The highest BCUT2D eigenvalue weighted by Gasteiger charge is 2.33. The van der Waals surface area contributed by atoms with Crippen molar-refractivity contribution in [2.45, 2.75) is 6.10 Å². The molecule has 1 aliphatic rings. The fourth-order valence-corrected chi connectivity index (χ4v) is 2.36. The van der Waals surface area contributed by atoms with Crippen LogP contribution in [0, 0.1) is 5.82 Å². The van der Waals surface area contributed by atoms with Crippen molar-refractivity contribution in [3.05, 3.63) is 47.9 Å². The van der Waals surface area contributed by atoms with Crippen molar-refractivity contribution in [3.8, 4) is 0 Å². The normalized spacial score (nSPS) is 17.2. The topological polar surface area (TPSA) is 76.5 Å². The SMILES string of the molecule is Cn1nccc1N1CC(CNC(=O)c2ccc(F)cc2)OC1=O. The van der Waals surface area contributed by atoms with Crippen molar-refractivity contribution in [2.75, 3.05) is 18.0 Å². The number of nitrogens with zero attached hydrogens (tertiary/aromatic N) is 3. The molecule has 1 aromatic carbocycles. The van der Waals surface area contributed by atoms with Crippen molar-refractivity contribution >= 4 is 17.8 Å². The van der Waals surface area contributed by atoms with Gasteiger partial charge in [-0.2, -0.15) is 5.10 Å². The average Bonchev–Trinajstić information content (AvgIpc) is 3.11. The summed E-state index contributed by atoms with van der Waals surface area (Å²) < 4.78 is 19.6. The maximum Gasteiger partial charge on any atom is 0.416 e. The third-order valence-electron chi connectivity index (χ3n) is 3.54. The summed E-state index contributed by atoms with van der Waals surface area (Å²) in [5.41, 5.74) is 0.346. The highest BCUT2D eigenvalue weighted by atomic mass is 19.1. The third-order valence-corrected chi connectivity index (χ3v) is 3.54. The van der Waals surface area contributed by atoms with Gasteiger partial charge in [-0.05, 0) is 24.3 Å². The number of benzene rings is 1. The van der Waals surface area contributed by atoms with Crippen LogP contribution in [-0.2, 0) is 11.8 Å². The molecule has 2 aromatic rings. The summed E-state index contributed by atoms with van der Waals surface area (Å²) in [5, 5.41) is 6.68. The second kappa shape index (κ2) is 6.07. The lowest BCUT2D eigenvalue weighted by Gasteiger charge is -2.12. The summed E-state index contributed by atoms with van der Waals surface area (Å²) in [6.45, 7) is 0.498. The first-order valence-corrected chi connectivity index (χ1v) is 7.04. The smallest absolute Gasteiger partial charge is 0.416 e. The summed E-state index contributed by atoms with van der Waals surface area (Å²) in [5.74, 6) is -0.125. The number of hydrogen-bond donors (Lipinski definition) is 1. The van der Waals surface area contributed by atoms with Crippen LogP contribution in [0.25, 0.3) is 0 Å². The first-order valence-electron chi connectivity index (χ1n) is 7.04. The molecular weight excluding hydrogens is 303 g/mol. The molecule has 2 heterocycles. The molecule has 0 saturated carbocycles. The van der Waals surface area contributed by atoms with Gasteiger partial charge in [-0.25, -0.2) is 9.18 Å². The zero-order valence-electron chi connectivity index (χ0n) is 12.4. The molecule has 0 spiro atoms. The Morgan fingerprint density at radius 2 is 2.13 bits per heavy atom. The molecule has 1 atom stereocenters. The van der Waals surface area contributed by atoms with E-state index < -0.39 is 18.0 Å². The first kappa shape index (κ1) is 15.0. The fraction of sp³-hybridized carbons (Fsp3) is 0.267. The quantitative estimate of drug-likeness (QED) is 0.922. The van der Waals surface area contributed by atoms with Gasteiger partial charge < -0.3 is 10.1 Å². The molecule has 1 aromatic heterocycles. The highest BCUT2D eigenvalue weighted by Crippen LogP contribution is 2.20. The number of anilines is 1. The van der Waals surface area contributed by atoms with E-state index in [9.17, 15) is 14.0 Å². The van der Waals surface area contributed by atoms with Crippen LogP contribution < -0.4 is 10.2 Å². The number of aromatic nitrogens is 2. The highest BCUT2D eigenvalue weighted by molar-refractivity contribution is 5.94. The number of rotatable bonds is 4. The number of cyclic esters (lactones) is 1. The number of ether oxygens (including phenoxy) is 1. The minimum atomic E-state index is -0.477. The summed E-state index contributed by atoms with van der Waals surface area (Å²) in [4.78, 5) is 25.3. The van der Waals surface area contributed by atoms with Crippen LogP contribution in [0.1, 0.15) is 10.4 Å². The molecule has 0 aliphatic carbocycles. The molecular formula is C15H15FN4O3. The lowest BCUT2D eigenvalue weighted by molar-refractivity contribution is 0.0916. The number of carbonyl (C=O) groups excluding carboxylic acids is 2. The summed E-state index contributed by atoms with van der Waals surface area (Å²) >= 11 is 0. The Hall–Kier alpha value is -2.90. The number of hydrogen-bond acceptors (Lipinski definition) is 4. The van der Waals surface area contributed by atoms with E-state index in [4.69, 9.17) is 4.74 Å². The number of aryl methyl sites for hydroxylation is 1. The molecule has 3 rings (SSSR count). The van der Waals surface area contributed by atoms with Gasteiger partial charge in [-0.1, -0.05) is 0 Å². The van der Waals surface area contributed by atoms with Crippen molar-refractivity contribution in [1.82, 2.24) is 15.1 Å². The second-order valence-electron chi connectivity index (χ2n) is 5.15. The Labute approximate surface area is 131 Å². The summed E-state index contributed by atoms with van der Waals surface area (Å²) in [7, 11) is 1.73. The zero-order valence-corrected chi connectivity index (χ0v) is 12.4. The van der Waals surface area contributed by atoms with E-state index in [1.807, 2.05) is 0 Å². The minimum Gasteiger partial charge on any atom is -0.442 e. The number of carbonyl (C=O) groups is 2. The molecule has 23 heavy (non-hydrogen) atoms. The van der Waals surface area contributed by atoms with Crippen molar-refractivity contribution in [1.29, 1.82) is 0 Å². The van der Waals surface area contributed by atoms with Crippen molar-refractivity contribution in [3.63, 3.8) is 0 Å². The summed E-state index contributed by atoms with van der Waals surface area (Å²) in [6, 6.07) is 6.94. The standard InChI is InChI=1S/C15H15FN4O3/c1-19-13(6-7-18-19)20-9-12(23-15(20)22)8-17-14(21)10-2-4-11(16)5-3-10/h2-7,12H,8-9H2,1H3,(H,17,21). The Morgan fingerprint density at radius 3 is 2.78 bits per heavy atom. The van der Waals surface area contributed by atoms with Crippen LogP contribution >= 0.6 is 0 Å². The van der Waals surface area contributed by atoms with Crippen LogP contribution in [0.3, 0.4) is 0 Å². The molecule has 2 amide bonds. The fourth-order valence-electron chi connectivity index (χ4n) is 2.36. The maximum absolute atomic E-state index is 12.8. The van der Waals surface area contributed by atoms with Gasteiger partial charge in [0.1, 0.15) is 17.7 Å². The van der Waals surface area contributed by atoms with Gasteiger partial charge >= 0.3 is 6.09 Å². The lowest BCUT2D eigenvalue weighted by atomic mass is 10.2. The van der Waals surface area contributed by atoms with Gasteiger partial charge in [0, 0.05) is 18.7 Å². The van der Waals surface area contributed by atoms with Crippen LogP contribution in [0.15, 0.2) is 36.5 Å². The molecule has 7 nitrogen and oxygen atoms in total. The van der Waals surface area contributed by atoms with Crippen LogP contribution in [0.4, 0.5) is 15.0 Å². The number of nitrogens with one attached hydrogen (secondary N) is 1. The van der Waals surface area contributed by atoms with Crippen LogP contribution in [-0.4, -0.2) is 41.0 Å². The number of halogens is 1. The molecule has 120 valence electrons. The Kier molecular flexibility index (Phi) is 3.96. The van der Waals surface area contributed by atoms with E-state index >= 15 is 0 Å². The Morgan fingerprint density at radius 1 is 1.39 bits per heavy atom. The third kappa shape index (κ3) is 3.15. The van der Waals surface area contributed by atoms with E-state index in [0.29, 0.717) is 17.9 Å². The summed E-state index contributed by atoms with van der Waals surface area (Å²) in [6.07, 6.45) is 0.656. The van der Waals surface area contributed by atoms with Gasteiger partial charge in [-0.15, -0.1) is 0 Å². The average molecular weight is 318 g/mol. The number of amides is 2. The van der Waals surface area contributed by atoms with E-state index in [1.54, 1.807) is 24.0 Å². The molecule has 0 radical (unpaired) electrons. The lowest BCUT2D eigenvalue weighted by Crippen LogP contribution is -2.34. The van der Waals surface area contributed by atoms with Crippen LogP contribution in [0.2, 0.25) is 0 Å². The monoisotopic (exact) mass is 318 g/mol. The molecule has 1 saturated heterocycles. The molecule has 1 fully saturated rings. The van der Waals surface area contributed by atoms with Crippen LogP contribution in [0.5, 0.6) is 0 Å². The zero-order chi connectivity index (χ0) is 16.4. The molecule has 0 bridgehead atoms. The second-order valence-corrected chi connectivity index (χ2v) is 5.15. The van der Waals surface area contributed by atoms with Gasteiger partial charge in [-0.3, -0.25) is 14.4 Å². The van der Waals surface area contributed by atoms with Crippen molar-refractivity contribution in [2.24, 2.45) is 7.05 Å². The Bertz CT molecular complexity index is 729. The Balaban J connectivity index is 1.57. The molecule has 8 heteroatoms. The van der Waals surface area contributed by atoms with Gasteiger partial charge in [0.25, 0.3) is 5.91 Å². The minimum absolute atomic E-state index is 0.177. The van der Waals surface area contributed by atoms with E-state index in [2.05, 4.69) is 10.4 Å². The largest absolute Gasteiger partial charge is 0.442 e. The predicted octanol–water partition coefficient (Wildman–Crippen LogP) is 1.31. The van der Waals surface area contributed by atoms with Gasteiger partial charge in [0.05, 0.1) is 19.3 Å². The van der Waals surface area contributed by atoms with E-state index in [1.165, 1.54) is 29.2 Å². The van der Waals surface area contributed by atoms with Gasteiger partial charge in [0.2, 0.25) is 0 Å². The molecule has 1 aliphatic heterocycles. The van der Waals surface area contributed by atoms with E-state index in [-0.39, 0.29) is 12.5 Å². The first-order chi connectivity index (χ1) is 11.0. The maximum atomic E-state index is 12.8. The molecule has 1 unspecified atom stereocenters. The van der Waals surface area contributed by atoms with Gasteiger partial charge in [0.15, 0.2) is 0 Å². The molecule has 1 N–H and O–H groups in total. The van der Waals surface area contributed by atoms with E-state index in [0.717, 1.165) is 0 Å². The predicted molar refractivity (Wildman–Crippen MR) is 79.6 cm³/mol.